The summed E-state index contributed by atoms with van der Waals surface area (Å²) in [6, 6.07) is 31.3. The van der Waals surface area contributed by atoms with Crippen molar-refractivity contribution in [2.75, 3.05) is 4.90 Å². The van der Waals surface area contributed by atoms with Gasteiger partial charge in [-0.05, 0) is 60.0 Å². The van der Waals surface area contributed by atoms with E-state index < -0.39 is 17.7 Å². The predicted molar refractivity (Wildman–Crippen MR) is 177 cm³/mol. The number of amides is 1. The van der Waals surface area contributed by atoms with Crippen LogP contribution in [0.1, 0.15) is 33.9 Å². The number of aliphatic hydroxyl groups is 1. The molecule has 1 aromatic heterocycles. The van der Waals surface area contributed by atoms with Gasteiger partial charge in [0.15, 0.2) is 4.34 Å². The topological polar surface area (TPSA) is 92.6 Å². The van der Waals surface area contributed by atoms with E-state index >= 15 is 0 Å². The standard InChI is InChI=1S/C34H26BrN3O4S2/c1-21-6-5-9-23(18-21)19-42-27-16-12-25(13-17-27)30(39)28-29(24-10-14-26(35)15-11-24)38(32(41)31(28)40)33-36-37-34(44-33)43-20-22-7-3-2-4-8-22/h2-18,29,39H,19-20H2,1H3. The zero-order chi connectivity index (χ0) is 30.6. The maximum absolute atomic E-state index is 13.5. The van der Waals surface area contributed by atoms with Gasteiger partial charge in [0.1, 0.15) is 18.1 Å². The molecule has 2 heterocycles. The number of halogens is 1. The van der Waals surface area contributed by atoms with Crippen LogP contribution in [0, 0.1) is 6.92 Å². The highest BCUT2D eigenvalue weighted by molar-refractivity contribution is 9.10. The van der Waals surface area contributed by atoms with E-state index in [0.717, 1.165) is 21.2 Å². The first-order valence-corrected chi connectivity index (χ1v) is 16.3. The van der Waals surface area contributed by atoms with Gasteiger partial charge in [0.05, 0.1) is 11.6 Å². The minimum absolute atomic E-state index is 0.0144. The second-order valence-corrected chi connectivity index (χ2v) is 13.2. The van der Waals surface area contributed by atoms with Gasteiger partial charge in [-0.25, -0.2) is 0 Å². The quantitative estimate of drug-likeness (QED) is 0.0552. The monoisotopic (exact) mass is 683 g/mol. The molecule has 10 heteroatoms. The van der Waals surface area contributed by atoms with Crippen molar-refractivity contribution >= 4 is 61.6 Å². The molecular weight excluding hydrogens is 658 g/mol. The Morgan fingerprint density at radius 3 is 2.39 bits per heavy atom. The molecule has 0 aliphatic carbocycles. The van der Waals surface area contributed by atoms with Gasteiger partial charge in [0.25, 0.3) is 5.78 Å². The van der Waals surface area contributed by atoms with Crippen molar-refractivity contribution in [2.45, 2.75) is 29.7 Å². The number of Topliss-reactive ketones (excluding diaryl/α,β-unsaturated/α-hetero) is 1. The molecule has 1 unspecified atom stereocenters. The van der Waals surface area contributed by atoms with Crippen LogP contribution in [-0.2, 0) is 21.9 Å². The number of nitrogens with zero attached hydrogens (tertiary/aromatic N) is 3. The minimum atomic E-state index is -0.889. The lowest BCUT2D eigenvalue weighted by atomic mass is 9.95. The van der Waals surface area contributed by atoms with Crippen molar-refractivity contribution in [3.05, 3.63) is 141 Å². The largest absolute Gasteiger partial charge is 0.507 e. The van der Waals surface area contributed by atoms with E-state index in [4.69, 9.17) is 4.74 Å². The Morgan fingerprint density at radius 2 is 1.66 bits per heavy atom. The number of aryl methyl sites for hydroxylation is 1. The van der Waals surface area contributed by atoms with Crippen LogP contribution in [-0.4, -0.2) is 27.0 Å². The average Bonchev–Trinajstić information content (AvgIpc) is 3.61. The molecule has 1 aliphatic heterocycles. The van der Waals surface area contributed by atoms with Crippen LogP contribution in [0.3, 0.4) is 0 Å². The molecule has 7 nitrogen and oxygen atoms in total. The fourth-order valence-corrected chi connectivity index (χ4v) is 6.99. The van der Waals surface area contributed by atoms with Gasteiger partial charge in [-0.2, -0.15) is 0 Å². The number of anilines is 1. The molecule has 0 saturated carbocycles. The molecule has 0 bridgehead atoms. The van der Waals surface area contributed by atoms with Crippen LogP contribution in [0.2, 0.25) is 0 Å². The van der Waals surface area contributed by atoms with Gasteiger partial charge >= 0.3 is 5.91 Å². The third kappa shape index (κ3) is 6.47. The van der Waals surface area contributed by atoms with Gasteiger partial charge < -0.3 is 9.84 Å². The van der Waals surface area contributed by atoms with E-state index in [2.05, 4.69) is 32.2 Å². The van der Waals surface area contributed by atoms with Crippen LogP contribution in [0.4, 0.5) is 5.13 Å². The third-order valence-electron chi connectivity index (χ3n) is 7.05. The highest BCUT2D eigenvalue weighted by atomic mass is 79.9. The Kier molecular flexibility index (Phi) is 8.92. The fraction of sp³-hybridized carbons (Fsp3) is 0.118. The molecule has 1 atom stereocenters. The van der Waals surface area contributed by atoms with Gasteiger partial charge in [-0.15, -0.1) is 10.2 Å². The van der Waals surface area contributed by atoms with Gasteiger partial charge in [0.2, 0.25) is 5.13 Å². The first kappa shape index (κ1) is 29.8. The molecule has 1 amide bonds. The maximum Gasteiger partial charge on any atom is 0.301 e. The molecule has 0 radical (unpaired) electrons. The zero-order valence-electron chi connectivity index (χ0n) is 23.5. The van der Waals surface area contributed by atoms with E-state index in [9.17, 15) is 14.7 Å². The summed E-state index contributed by atoms with van der Waals surface area (Å²) in [4.78, 5) is 28.4. The molecule has 1 fully saturated rings. The number of aliphatic hydroxyl groups excluding tert-OH is 1. The summed E-state index contributed by atoms with van der Waals surface area (Å²) < 4.78 is 7.44. The van der Waals surface area contributed by atoms with Crippen LogP contribution < -0.4 is 9.64 Å². The molecule has 1 aliphatic rings. The summed E-state index contributed by atoms with van der Waals surface area (Å²) in [5.41, 5.74) is 4.37. The Morgan fingerprint density at radius 1 is 0.932 bits per heavy atom. The van der Waals surface area contributed by atoms with E-state index in [1.807, 2.05) is 79.7 Å². The van der Waals surface area contributed by atoms with Crippen molar-refractivity contribution in [1.29, 1.82) is 0 Å². The lowest BCUT2D eigenvalue weighted by Gasteiger charge is -2.22. The number of hydrogen-bond donors (Lipinski definition) is 1. The van der Waals surface area contributed by atoms with Crippen LogP contribution in [0.5, 0.6) is 5.75 Å². The summed E-state index contributed by atoms with van der Waals surface area (Å²) in [6.07, 6.45) is 0. The number of thioether (sulfide) groups is 1. The van der Waals surface area contributed by atoms with E-state index in [1.54, 1.807) is 24.3 Å². The Hall–Kier alpha value is -4.25. The summed E-state index contributed by atoms with van der Waals surface area (Å²) >= 11 is 6.19. The normalized spacial score (nSPS) is 16.0. The lowest BCUT2D eigenvalue weighted by molar-refractivity contribution is -0.132. The number of ketones is 1. The summed E-state index contributed by atoms with van der Waals surface area (Å²) in [6.45, 7) is 2.43. The highest BCUT2D eigenvalue weighted by Crippen LogP contribution is 2.44. The minimum Gasteiger partial charge on any atom is -0.507 e. The number of ether oxygens (including phenoxy) is 1. The molecule has 220 valence electrons. The van der Waals surface area contributed by atoms with Crippen molar-refractivity contribution < 1.29 is 19.4 Å². The van der Waals surface area contributed by atoms with Crippen molar-refractivity contribution in [1.82, 2.24) is 10.2 Å². The van der Waals surface area contributed by atoms with Crippen molar-refractivity contribution in [3.8, 4) is 5.75 Å². The fourth-order valence-electron chi connectivity index (χ4n) is 4.90. The predicted octanol–water partition coefficient (Wildman–Crippen LogP) is 8.11. The number of benzene rings is 4. The number of carbonyl (C=O) groups excluding carboxylic acids is 2. The molecule has 1 N–H and O–H groups in total. The SMILES string of the molecule is Cc1cccc(COc2ccc(C(O)=C3C(=O)C(=O)N(c4nnc(SCc5ccccc5)s4)C3c3ccc(Br)cc3)cc2)c1. The molecular formula is C34H26BrN3O4S2. The first-order valence-electron chi connectivity index (χ1n) is 13.7. The number of carbonyl (C=O) groups is 2. The van der Waals surface area contributed by atoms with Gasteiger partial charge in [0, 0.05) is 15.8 Å². The second kappa shape index (κ2) is 13.2. The Balaban J connectivity index is 1.30. The molecule has 4 aromatic carbocycles. The van der Waals surface area contributed by atoms with Gasteiger partial charge in [-0.3, -0.25) is 14.5 Å². The first-order chi connectivity index (χ1) is 21.4. The van der Waals surface area contributed by atoms with Gasteiger partial charge in [-0.1, -0.05) is 111 Å². The zero-order valence-corrected chi connectivity index (χ0v) is 26.7. The van der Waals surface area contributed by atoms with E-state index in [1.165, 1.54) is 28.0 Å². The Bertz CT molecular complexity index is 1840. The molecule has 0 spiro atoms. The average molecular weight is 685 g/mol. The van der Waals surface area contributed by atoms with E-state index in [-0.39, 0.29) is 16.5 Å². The Labute approximate surface area is 271 Å². The number of rotatable bonds is 9. The molecule has 1 saturated heterocycles. The summed E-state index contributed by atoms with van der Waals surface area (Å²) in [5.74, 6) is -0.526. The molecule has 5 aromatic rings. The molecule has 44 heavy (non-hydrogen) atoms. The van der Waals surface area contributed by atoms with Crippen molar-refractivity contribution in [3.63, 3.8) is 0 Å². The highest BCUT2D eigenvalue weighted by Gasteiger charge is 2.48. The summed E-state index contributed by atoms with van der Waals surface area (Å²) in [7, 11) is 0. The van der Waals surface area contributed by atoms with Crippen molar-refractivity contribution in [2.24, 2.45) is 0 Å². The van der Waals surface area contributed by atoms with Crippen LogP contribution in [0.15, 0.2) is 118 Å². The third-order valence-corrected chi connectivity index (χ3v) is 9.71. The van der Waals surface area contributed by atoms with E-state index in [0.29, 0.717) is 33.6 Å². The van der Waals surface area contributed by atoms with Crippen LogP contribution >= 0.6 is 39.0 Å². The smallest absolute Gasteiger partial charge is 0.301 e. The second-order valence-electron chi connectivity index (χ2n) is 10.1. The summed E-state index contributed by atoms with van der Waals surface area (Å²) in [5, 5.41) is 20.4. The molecule has 6 rings (SSSR count). The lowest BCUT2D eigenvalue weighted by Crippen LogP contribution is -2.29. The van der Waals surface area contributed by atoms with Crippen LogP contribution in [0.25, 0.3) is 5.76 Å². The maximum atomic E-state index is 13.5. The number of aromatic nitrogens is 2. The number of hydrogen-bond acceptors (Lipinski definition) is 8.